The van der Waals surface area contributed by atoms with E-state index in [0.717, 1.165) is 0 Å². The molecule has 10 nitrogen and oxygen atoms in total. The molecule has 4 N–H and O–H groups in total. The zero-order chi connectivity index (χ0) is 24.9. The van der Waals surface area contributed by atoms with E-state index in [-0.39, 0.29) is 24.1 Å². The Labute approximate surface area is 198 Å². The predicted octanol–water partition coefficient (Wildman–Crippen LogP) is 2.87. The quantitative estimate of drug-likeness (QED) is 0.297. The minimum absolute atomic E-state index is 0.0777. The molecule has 1 aliphatic carbocycles. The molecule has 1 fully saturated rings. The first-order valence-electron chi connectivity index (χ1n) is 10.6. The smallest absolute Gasteiger partial charge is 0.408 e. The van der Waals surface area contributed by atoms with Gasteiger partial charge in [-0.25, -0.2) is 15.3 Å². The minimum atomic E-state index is -1.14. The molecule has 1 saturated carbocycles. The van der Waals surface area contributed by atoms with Crippen molar-refractivity contribution >= 4 is 41.0 Å². The summed E-state index contributed by atoms with van der Waals surface area (Å²) in [6, 6.07) is 5.13. The van der Waals surface area contributed by atoms with Crippen LogP contribution in [-0.4, -0.2) is 75.6 Å². The lowest BCUT2D eigenvalue weighted by atomic mass is 9.79. The lowest BCUT2D eigenvalue weighted by molar-refractivity contribution is -0.135. The van der Waals surface area contributed by atoms with Gasteiger partial charge >= 0.3 is 6.09 Å². The van der Waals surface area contributed by atoms with E-state index >= 15 is 0 Å². The molecule has 1 aliphatic rings. The van der Waals surface area contributed by atoms with E-state index in [1.807, 2.05) is 5.48 Å². The molecule has 0 bridgehead atoms. The molecule has 0 spiro atoms. The Morgan fingerprint density at radius 2 is 1.73 bits per heavy atom. The van der Waals surface area contributed by atoms with Crippen molar-refractivity contribution in [1.82, 2.24) is 20.6 Å². The summed E-state index contributed by atoms with van der Waals surface area (Å²) in [6.45, 7) is 5.29. The lowest BCUT2D eigenvalue weighted by Gasteiger charge is -2.47. The van der Waals surface area contributed by atoms with Gasteiger partial charge in [-0.2, -0.15) is 0 Å². The van der Waals surface area contributed by atoms with Crippen molar-refractivity contribution in [3.63, 3.8) is 0 Å². The molecular weight excluding hydrogens is 450 g/mol. The van der Waals surface area contributed by atoms with Gasteiger partial charge in [0, 0.05) is 36.6 Å². The number of nitrogens with zero attached hydrogens (tertiary/aromatic N) is 3. The molecule has 182 valence electrons. The van der Waals surface area contributed by atoms with E-state index < -0.39 is 29.6 Å². The maximum atomic E-state index is 12.9. The number of carbonyl (C=O) groups is 3. The van der Waals surface area contributed by atoms with E-state index in [1.54, 1.807) is 59.1 Å². The largest absolute Gasteiger partial charge is 0.465 e. The van der Waals surface area contributed by atoms with Crippen molar-refractivity contribution < 1.29 is 24.7 Å². The van der Waals surface area contributed by atoms with Crippen LogP contribution in [0.3, 0.4) is 0 Å². The Balaban J connectivity index is 2.32. The van der Waals surface area contributed by atoms with Crippen LogP contribution in [0, 0.1) is 5.92 Å². The third-order valence-electron chi connectivity index (χ3n) is 5.57. The second kappa shape index (κ2) is 10.8. The average Bonchev–Trinajstić information content (AvgIpc) is 2.72. The van der Waals surface area contributed by atoms with Crippen molar-refractivity contribution in [2.24, 2.45) is 10.9 Å². The molecule has 0 aliphatic heterocycles. The van der Waals surface area contributed by atoms with Crippen LogP contribution in [0.4, 0.5) is 10.5 Å². The van der Waals surface area contributed by atoms with Gasteiger partial charge in [0.15, 0.2) is 0 Å². The SMILES string of the molecule is CN(C)C(=O)[C@H]1CC[C@H](NC(=O)C(=Nc2ccc(Cl)cc2)NO)[C@H](N(C(=O)O)C(C)(C)C)C1. The van der Waals surface area contributed by atoms with E-state index in [4.69, 9.17) is 11.6 Å². The Hall–Kier alpha value is -2.85. The lowest BCUT2D eigenvalue weighted by Crippen LogP contribution is -2.62. The van der Waals surface area contributed by atoms with Crippen molar-refractivity contribution in [3.8, 4) is 0 Å². The van der Waals surface area contributed by atoms with Crippen LogP contribution >= 0.6 is 11.6 Å². The van der Waals surface area contributed by atoms with Gasteiger partial charge in [0.25, 0.3) is 5.91 Å². The zero-order valence-electron chi connectivity index (χ0n) is 19.5. The maximum absolute atomic E-state index is 12.9. The number of carboxylic acid groups (broad SMARTS) is 1. The fourth-order valence-electron chi connectivity index (χ4n) is 4.12. The molecular formula is C22H32ClN5O5. The summed E-state index contributed by atoms with van der Waals surface area (Å²) < 4.78 is 0. The normalized spacial score (nSPS) is 21.2. The fourth-order valence-corrected chi connectivity index (χ4v) is 4.25. The van der Waals surface area contributed by atoms with Crippen molar-refractivity contribution in [2.45, 2.75) is 57.7 Å². The van der Waals surface area contributed by atoms with Crippen LogP contribution in [0.1, 0.15) is 40.0 Å². The third kappa shape index (κ3) is 6.82. The number of amidine groups is 1. The van der Waals surface area contributed by atoms with Gasteiger partial charge < -0.3 is 15.3 Å². The topological polar surface area (TPSA) is 135 Å². The number of benzene rings is 1. The molecule has 11 heteroatoms. The Morgan fingerprint density at radius 3 is 2.21 bits per heavy atom. The number of hydrogen-bond donors (Lipinski definition) is 4. The van der Waals surface area contributed by atoms with Crippen molar-refractivity contribution in [1.29, 1.82) is 0 Å². The standard InChI is InChI=1S/C22H32ClN5O5/c1-22(2,3)28(21(31)32)17-12-13(20(30)27(4)5)6-11-16(17)25-19(29)18(26-33)24-15-9-7-14(23)8-10-15/h7-10,13,16-17,33H,6,11-12H2,1-5H3,(H,24,26)(H,25,29)(H,31,32)/t13-,16-,17+/m0/s1. The fraction of sp³-hybridized carbons (Fsp3) is 0.545. The summed E-state index contributed by atoms with van der Waals surface area (Å²) >= 11 is 5.86. The minimum Gasteiger partial charge on any atom is -0.465 e. The summed E-state index contributed by atoms with van der Waals surface area (Å²) in [4.78, 5) is 44.5. The first-order valence-corrected chi connectivity index (χ1v) is 11.0. The van der Waals surface area contributed by atoms with Crippen molar-refractivity contribution in [3.05, 3.63) is 29.3 Å². The van der Waals surface area contributed by atoms with E-state index in [9.17, 15) is 24.7 Å². The van der Waals surface area contributed by atoms with Gasteiger partial charge in [-0.1, -0.05) is 11.6 Å². The second-order valence-electron chi connectivity index (χ2n) is 9.26. The van der Waals surface area contributed by atoms with Crippen LogP contribution in [0.2, 0.25) is 5.02 Å². The van der Waals surface area contributed by atoms with E-state index in [0.29, 0.717) is 23.6 Å². The predicted molar refractivity (Wildman–Crippen MR) is 125 cm³/mol. The number of rotatable bonds is 4. The molecule has 0 aromatic heterocycles. The molecule has 33 heavy (non-hydrogen) atoms. The second-order valence-corrected chi connectivity index (χ2v) is 9.70. The molecule has 0 heterocycles. The van der Waals surface area contributed by atoms with Crippen LogP contribution in [0.25, 0.3) is 0 Å². The maximum Gasteiger partial charge on any atom is 0.408 e. The summed E-state index contributed by atoms with van der Waals surface area (Å²) in [5.41, 5.74) is 1.44. The first kappa shape index (κ1) is 26.4. The van der Waals surface area contributed by atoms with Gasteiger partial charge in [0.2, 0.25) is 11.7 Å². The summed E-state index contributed by atoms with van der Waals surface area (Å²) in [5.74, 6) is -1.48. The molecule has 3 atom stereocenters. The van der Waals surface area contributed by atoms with Crippen LogP contribution in [0.5, 0.6) is 0 Å². The number of amides is 3. The number of carbonyl (C=O) groups excluding carboxylic acids is 2. The number of hydroxylamine groups is 1. The summed E-state index contributed by atoms with van der Waals surface area (Å²) in [7, 11) is 3.33. The highest BCUT2D eigenvalue weighted by Gasteiger charge is 2.44. The Morgan fingerprint density at radius 1 is 1.12 bits per heavy atom. The van der Waals surface area contributed by atoms with Gasteiger partial charge in [0.05, 0.1) is 11.7 Å². The highest BCUT2D eigenvalue weighted by Crippen LogP contribution is 2.33. The molecule has 0 radical (unpaired) electrons. The van der Waals surface area contributed by atoms with Gasteiger partial charge in [-0.15, -0.1) is 0 Å². The molecule has 1 aromatic rings. The molecule has 3 amide bonds. The number of aliphatic imine (C=N–C) groups is 1. The van der Waals surface area contributed by atoms with Crippen molar-refractivity contribution in [2.75, 3.05) is 14.1 Å². The average molecular weight is 482 g/mol. The van der Waals surface area contributed by atoms with Gasteiger partial charge in [0.1, 0.15) is 0 Å². The van der Waals surface area contributed by atoms with Crippen LogP contribution in [-0.2, 0) is 9.59 Å². The van der Waals surface area contributed by atoms with Crippen LogP contribution < -0.4 is 10.8 Å². The highest BCUT2D eigenvalue weighted by molar-refractivity contribution is 6.38. The Kier molecular flexibility index (Phi) is 8.68. The number of halogens is 1. The number of nitrogens with one attached hydrogen (secondary N) is 2. The molecule has 0 unspecified atom stereocenters. The van der Waals surface area contributed by atoms with E-state index in [2.05, 4.69) is 10.3 Å². The zero-order valence-corrected chi connectivity index (χ0v) is 20.3. The first-order chi connectivity index (χ1) is 15.3. The summed E-state index contributed by atoms with van der Waals surface area (Å²) in [5, 5.41) is 22.7. The molecule has 1 aromatic carbocycles. The van der Waals surface area contributed by atoms with Crippen LogP contribution in [0.15, 0.2) is 29.3 Å². The number of hydrogen-bond acceptors (Lipinski definition) is 5. The molecule has 2 rings (SSSR count). The van der Waals surface area contributed by atoms with Gasteiger partial charge in [-0.3, -0.25) is 19.7 Å². The molecule has 0 saturated heterocycles. The summed E-state index contributed by atoms with van der Waals surface area (Å²) in [6.07, 6.45) is 0.00816. The van der Waals surface area contributed by atoms with E-state index in [1.165, 1.54) is 9.80 Å². The van der Waals surface area contributed by atoms with Gasteiger partial charge in [-0.05, 0) is 64.3 Å². The highest BCUT2D eigenvalue weighted by atomic mass is 35.5. The monoisotopic (exact) mass is 481 g/mol. The Bertz CT molecular complexity index is 897. The third-order valence-corrected chi connectivity index (χ3v) is 5.82.